The van der Waals surface area contributed by atoms with Crippen LogP contribution in [-0.2, 0) is 11.3 Å². The van der Waals surface area contributed by atoms with Gasteiger partial charge in [-0.05, 0) is 35.8 Å². The van der Waals surface area contributed by atoms with Gasteiger partial charge in [-0.1, -0.05) is 42.5 Å². The van der Waals surface area contributed by atoms with Crippen LogP contribution in [0.1, 0.15) is 28.4 Å². The monoisotopic (exact) mass is 296 g/mol. The first-order valence-corrected chi connectivity index (χ1v) is 7.19. The zero-order valence-corrected chi connectivity index (χ0v) is 12.9. The Hall–Kier alpha value is -2.39. The van der Waals surface area contributed by atoms with E-state index < -0.39 is 0 Å². The predicted octanol–water partition coefficient (Wildman–Crippen LogP) is 4.13. The summed E-state index contributed by atoms with van der Waals surface area (Å²) in [6.07, 6.45) is 2.87. The van der Waals surface area contributed by atoms with Crippen molar-refractivity contribution in [3.63, 3.8) is 0 Å². The van der Waals surface area contributed by atoms with Gasteiger partial charge in [0.1, 0.15) is 18.6 Å². The van der Waals surface area contributed by atoms with Crippen LogP contribution in [0.4, 0.5) is 0 Å². The molecule has 22 heavy (non-hydrogen) atoms. The van der Waals surface area contributed by atoms with E-state index in [-0.39, 0.29) is 0 Å². The van der Waals surface area contributed by atoms with E-state index in [2.05, 4.69) is 12.1 Å². The largest absolute Gasteiger partial charge is 0.489 e. The molecular formula is C19H20O3. The maximum Gasteiger partial charge on any atom is 0.150 e. The first kappa shape index (κ1) is 16.0. The molecule has 0 N–H and O–H groups in total. The lowest BCUT2D eigenvalue weighted by molar-refractivity contribution is 0.112. The minimum absolute atomic E-state index is 0.444. The van der Waals surface area contributed by atoms with E-state index in [4.69, 9.17) is 9.47 Å². The first-order valence-electron chi connectivity index (χ1n) is 7.19. The van der Waals surface area contributed by atoms with Crippen LogP contribution in [-0.4, -0.2) is 20.0 Å². The van der Waals surface area contributed by atoms with Crippen molar-refractivity contribution in [1.82, 2.24) is 0 Å². The van der Waals surface area contributed by atoms with Gasteiger partial charge in [-0.2, -0.15) is 0 Å². The van der Waals surface area contributed by atoms with E-state index in [0.717, 1.165) is 23.0 Å². The molecule has 2 aromatic carbocycles. The Bertz CT molecular complexity index is 659. The molecule has 3 nitrogen and oxygen atoms in total. The molecule has 0 spiro atoms. The molecule has 0 saturated heterocycles. The van der Waals surface area contributed by atoms with Crippen molar-refractivity contribution in [1.29, 1.82) is 0 Å². The predicted molar refractivity (Wildman–Crippen MR) is 88.1 cm³/mol. The van der Waals surface area contributed by atoms with Gasteiger partial charge in [-0.25, -0.2) is 0 Å². The average Bonchev–Trinajstić information content (AvgIpc) is 2.58. The Morgan fingerprint density at radius 1 is 1.14 bits per heavy atom. The Morgan fingerprint density at radius 3 is 2.68 bits per heavy atom. The van der Waals surface area contributed by atoms with Gasteiger partial charge in [0.05, 0.1) is 6.61 Å². The molecule has 0 bridgehead atoms. The maximum atomic E-state index is 10.8. The van der Waals surface area contributed by atoms with Gasteiger partial charge in [0, 0.05) is 12.7 Å². The highest BCUT2D eigenvalue weighted by Crippen LogP contribution is 2.22. The third-order valence-corrected chi connectivity index (χ3v) is 3.40. The summed E-state index contributed by atoms with van der Waals surface area (Å²) < 4.78 is 11.1. The molecular weight excluding hydrogens is 276 g/mol. The van der Waals surface area contributed by atoms with Crippen molar-refractivity contribution >= 4 is 11.9 Å². The van der Waals surface area contributed by atoms with Crippen LogP contribution in [0.3, 0.4) is 0 Å². The van der Waals surface area contributed by atoms with E-state index in [1.165, 1.54) is 0 Å². The zero-order valence-electron chi connectivity index (χ0n) is 12.9. The molecule has 2 rings (SSSR count). The summed E-state index contributed by atoms with van der Waals surface area (Å²) >= 11 is 0. The standard InChI is InChI=1S/C19H20O3/c1-3-16(13-21-2)19-10-5-4-8-17(19)14-22-18-9-6-7-15(11-18)12-20/h3-12H,13-14H2,1-2H3/b16-3-. The summed E-state index contributed by atoms with van der Waals surface area (Å²) in [6, 6.07) is 15.3. The number of allylic oxidation sites excluding steroid dienone is 1. The highest BCUT2D eigenvalue weighted by atomic mass is 16.5. The van der Waals surface area contributed by atoms with Crippen molar-refractivity contribution in [2.24, 2.45) is 0 Å². The number of aldehydes is 1. The molecule has 0 aromatic heterocycles. The quantitative estimate of drug-likeness (QED) is 0.721. The number of benzene rings is 2. The Labute approximate surface area is 131 Å². The first-order chi connectivity index (χ1) is 10.8. The molecule has 0 fully saturated rings. The SMILES string of the molecule is C/C=C(/COC)c1ccccc1COc1cccc(C=O)c1. The smallest absolute Gasteiger partial charge is 0.150 e. The van der Waals surface area contributed by atoms with E-state index >= 15 is 0 Å². The average molecular weight is 296 g/mol. The van der Waals surface area contributed by atoms with Gasteiger partial charge in [0.15, 0.2) is 0 Å². The molecule has 0 radical (unpaired) electrons. The van der Waals surface area contributed by atoms with E-state index in [1.807, 2.05) is 37.3 Å². The molecule has 0 amide bonds. The lowest BCUT2D eigenvalue weighted by atomic mass is 10.0. The van der Waals surface area contributed by atoms with Crippen LogP contribution in [0.2, 0.25) is 0 Å². The van der Waals surface area contributed by atoms with Crippen LogP contribution in [0, 0.1) is 0 Å². The van der Waals surface area contributed by atoms with Crippen molar-refractivity contribution in [3.8, 4) is 5.75 Å². The van der Waals surface area contributed by atoms with Crippen LogP contribution < -0.4 is 4.74 Å². The van der Waals surface area contributed by atoms with Crippen molar-refractivity contribution in [2.45, 2.75) is 13.5 Å². The zero-order chi connectivity index (χ0) is 15.8. The van der Waals surface area contributed by atoms with Gasteiger partial charge in [-0.15, -0.1) is 0 Å². The normalized spacial score (nSPS) is 11.3. The van der Waals surface area contributed by atoms with Crippen molar-refractivity contribution in [3.05, 3.63) is 71.3 Å². The Balaban J connectivity index is 2.17. The van der Waals surface area contributed by atoms with Gasteiger partial charge in [0.2, 0.25) is 0 Å². The summed E-state index contributed by atoms with van der Waals surface area (Å²) in [5.41, 5.74) is 3.95. The fourth-order valence-electron chi connectivity index (χ4n) is 2.27. The highest BCUT2D eigenvalue weighted by molar-refractivity contribution is 5.75. The number of carbonyl (C=O) groups is 1. The fraction of sp³-hybridized carbons (Fsp3) is 0.211. The summed E-state index contributed by atoms with van der Waals surface area (Å²) in [7, 11) is 1.69. The van der Waals surface area contributed by atoms with Gasteiger partial charge in [-0.3, -0.25) is 4.79 Å². The molecule has 3 heteroatoms. The van der Waals surface area contributed by atoms with Crippen molar-refractivity contribution in [2.75, 3.05) is 13.7 Å². The third-order valence-electron chi connectivity index (χ3n) is 3.40. The summed E-state index contributed by atoms with van der Waals surface area (Å²) in [5.74, 6) is 0.688. The second-order valence-corrected chi connectivity index (χ2v) is 4.88. The summed E-state index contributed by atoms with van der Waals surface area (Å²) in [5, 5.41) is 0. The number of carbonyl (C=O) groups excluding carboxylic acids is 1. The number of ether oxygens (including phenoxy) is 2. The molecule has 0 saturated carbocycles. The Morgan fingerprint density at radius 2 is 1.95 bits per heavy atom. The highest BCUT2D eigenvalue weighted by Gasteiger charge is 2.07. The minimum atomic E-state index is 0.444. The minimum Gasteiger partial charge on any atom is -0.489 e. The van der Waals surface area contributed by atoms with Crippen LogP contribution >= 0.6 is 0 Å². The van der Waals surface area contributed by atoms with Gasteiger partial charge in [0.25, 0.3) is 0 Å². The maximum absolute atomic E-state index is 10.8. The number of methoxy groups -OCH3 is 1. The van der Waals surface area contributed by atoms with Crippen LogP contribution in [0.5, 0.6) is 5.75 Å². The number of hydrogen-bond acceptors (Lipinski definition) is 3. The second kappa shape index (κ2) is 8.15. The van der Waals surface area contributed by atoms with Gasteiger partial charge < -0.3 is 9.47 Å². The molecule has 0 aliphatic rings. The lowest BCUT2D eigenvalue weighted by Crippen LogP contribution is -2.02. The molecule has 0 atom stereocenters. The van der Waals surface area contributed by atoms with E-state index in [0.29, 0.717) is 24.5 Å². The Kier molecular flexibility index (Phi) is 5.92. The van der Waals surface area contributed by atoms with Crippen LogP contribution in [0.15, 0.2) is 54.6 Å². The molecule has 0 aliphatic heterocycles. The number of rotatable bonds is 7. The lowest BCUT2D eigenvalue weighted by Gasteiger charge is -2.13. The van der Waals surface area contributed by atoms with Crippen molar-refractivity contribution < 1.29 is 14.3 Å². The molecule has 2 aromatic rings. The van der Waals surface area contributed by atoms with E-state index in [9.17, 15) is 4.79 Å². The molecule has 114 valence electrons. The third kappa shape index (κ3) is 4.06. The molecule has 0 aliphatic carbocycles. The summed E-state index contributed by atoms with van der Waals surface area (Å²) in [4.78, 5) is 10.8. The molecule has 0 heterocycles. The molecule has 0 unspecified atom stereocenters. The second-order valence-electron chi connectivity index (χ2n) is 4.88. The van der Waals surface area contributed by atoms with Gasteiger partial charge >= 0.3 is 0 Å². The van der Waals surface area contributed by atoms with E-state index in [1.54, 1.807) is 19.2 Å². The fourth-order valence-corrected chi connectivity index (χ4v) is 2.27. The topological polar surface area (TPSA) is 35.5 Å². The van der Waals surface area contributed by atoms with Crippen LogP contribution in [0.25, 0.3) is 5.57 Å². The number of hydrogen-bond donors (Lipinski definition) is 0. The summed E-state index contributed by atoms with van der Waals surface area (Å²) in [6.45, 7) is 3.01.